The third kappa shape index (κ3) is 3.40. The van der Waals surface area contributed by atoms with Crippen LogP contribution in [0.15, 0.2) is 18.2 Å². The summed E-state index contributed by atoms with van der Waals surface area (Å²) < 4.78 is 5.12. The molecule has 1 heterocycles. The smallest absolute Gasteiger partial charge is 0.303 e. The van der Waals surface area contributed by atoms with Gasteiger partial charge in [0.05, 0.1) is 12.1 Å². The summed E-state index contributed by atoms with van der Waals surface area (Å²) in [7, 11) is 1.62. The largest absolute Gasteiger partial charge is 0.495 e. The molecular formula is C13H16ClNO3. The van der Waals surface area contributed by atoms with E-state index in [1.54, 1.807) is 14.0 Å². The molecule has 4 nitrogen and oxygen atoms in total. The lowest BCUT2D eigenvalue weighted by molar-refractivity contribution is -0.136. The van der Waals surface area contributed by atoms with Crippen molar-refractivity contribution in [2.75, 3.05) is 7.11 Å². The van der Waals surface area contributed by atoms with Crippen LogP contribution in [0.2, 0.25) is 5.02 Å². The van der Waals surface area contributed by atoms with Crippen molar-refractivity contribution in [3.8, 4) is 5.75 Å². The summed E-state index contributed by atoms with van der Waals surface area (Å²) >= 11 is 6.11. The van der Waals surface area contributed by atoms with Crippen molar-refractivity contribution >= 4 is 28.5 Å². The molecule has 5 heteroatoms. The minimum Gasteiger partial charge on any atom is -0.495 e. The summed E-state index contributed by atoms with van der Waals surface area (Å²) in [5.74, 6) is -0.0295. The van der Waals surface area contributed by atoms with Gasteiger partial charge in [-0.05, 0) is 25.1 Å². The van der Waals surface area contributed by atoms with E-state index in [0.29, 0.717) is 10.8 Å². The lowest BCUT2D eigenvalue weighted by Crippen LogP contribution is -1.86. The van der Waals surface area contributed by atoms with Crippen LogP contribution in [0.3, 0.4) is 0 Å². The number of hydrogen-bond acceptors (Lipinski definition) is 2. The minimum absolute atomic E-state index is 0.222. The molecule has 0 radical (unpaired) electrons. The van der Waals surface area contributed by atoms with Gasteiger partial charge in [0.15, 0.2) is 0 Å². The number of rotatable bonds is 2. The van der Waals surface area contributed by atoms with Gasteiger partial charge in [-0.3, -0.25) is 4.79 Å². The van der Waals surface area contributed by atoms with Crippen LogP contribution in [0.1, 0.15) is 19.0 Å². The Bertz CT molecular complexity index is 548. The maximum atomic E-state index is 9.37. The molecule has 98 valence electrons. The fourth-order valence-corrected chi connectivity index (χ4v) is 1.74. The van der Waals surface area contributed by atoms with Crippen molar-refractivity contribution < 1.29 is 14.6 Å². The molecular weight excluding hydrogens is 254 g/mol. The first-order valence-electron chi connectivity index (χ1n) is 5.53. The Morgan fingerprint density at radius 3 is 2.61 bits per heavy atom. The van der Waals surface area contributed by atoms with Gasteiger partial charge >= 0.3 is 5.97 Å². The highest BCUT2D eigenvalue weighted by Crippen LogP contribution is 2.32. The second kappa shape index (κ2) is 6.31. The number of carboxylic acids is 1. The van der Waals surface area contributed by atoms with E-state index in [1.807, 2.05) is 25.1 Å². The molecule has 0 unspecified atom stereocenters. The molecule has 0 spiro atoms. The van der Waals surface area contributed by atoms with Crippen LogP contribution in [0, 0.1) is 6.92 Å². The number of halogens is 1. The zero-order valence-corrected chi connectivity index (χ0v) is 11.3. The molecule has 0 aliphatic heterocycles. The predicted octanol–water partition coefficient (Wildman–Crippen LogP) is 3.62. The van der Waals surface area contributed by atoms with Crippen molar-refractivity contribution in [3.05, 3.63) is 28.9 Å². The average molecular weight is 270 g/mol. The second-order valence-electron chi connectivity index (χ2n) is 3.74. The maximum absolute atomic E-state index is 9.37. The SMILES string of the molecule is CCC(=O)O.COc1ccc2[nH]c(C)cc2c1Cl. The van der Waals surface area contributed by atoms with E-state index in [9.17, 15) is 4.79 Å². The number of methoxy groups -OCH3 is 1. The first-order valence-corrected chi connectivity index (χ1v) is 5.91. The molecule has 1 aromatic carbocycles. The van der Waals surface area contributed by atoms with Crippen molar-refractivity contribution in [1.29, 1.82) is 0 Å². The lowest BCUT2D eigenvalue weighted by atomic mass is 10.2. The van der Waals surface area contributed by atoms with Gasteiger partial charge in [-0.1, -0.05) is 18.5 Å². The Morgan fingerprint density at radius 2 is 2.11 bits per heavy atom. The number of nitrogens with one attached hydrogen (secondary N) is 1. The van der Waals surface area contributed by atoms with Crippen LogP contribution < -0.4 is 4.74 Å². The van der Waals surface area contributed by atoms with E-state index in [2.05, 4.69) is 4.98 Å². The van der Waals surface area contributed by atoms with E-state index in [0.717, 1.165) is 16.6 Å². The van der Waals surface area contributed by atoms with Gasteiger partial charge in [0.2, 0.25) is 0 Å². The zero-order chi connectivity index (χ0) is 13.7. The molecule has 0 fully saturated rings. The van der Waals surface area contributed by atoms with Gasteiger partial charge < -0.3 is 14.8 Å². The van der Waals surface area contributed by atoms with Crippen molar-refractivity contribution in [1.82, 2.24) is 4.98 Å². The first kappa shape index (κ1) is 14.4. The monoisotopic (exact) mass is 269 g/mol. The van der Waals surface area contributed by atoms with Crippen LogP contribution in [0.25, 0.3) is 10.9 Å². The number of benzene rings is 1. The number of ether oxygens (including phenoxy) is 1. The first-order chi connectivity index (χ1) is 8.49. The molecule has 2 aromatic rings. The number of H-pyrrole nitrogens is 1. The fraction of sp³-hybridized carbons (Fsp3) is 0.308. The number of aliphatic carboxylic acids is 1. The maximum Gasteiger partial charge on any atom is 0.303 e. The molecule has 0 aliphatic carbocycles. The number of fused-ring (bicyclic) bond motifs is 1. The van der Waals surface area contributed by atoms with Crippen molar-refractivity contribution in [2.24, 2.45) is 0 Å². The Kier molecular flexibility index (Phi) is 5.04. The van der Waals surface area contributed by atoms with Crippen LogP contribution in [0.5, 0.6) is 5.75 Å². The summed E-state index contributed by atoms with van der Waals surface area (Å²) in [5, 5.41) is 9.41. The van der Waals surface area contributed by atoms with E-state index >= 15 is 0 Å². The minimum atomic E-state index is -0.745. The third-order valence-electron chi connectivity index (χ3n) is 2.36. The summed E-state index contributed by atoms with van der Waals surface area (Å²) in [6.45, 7) is 3.60. The molecule has 0 amide bonds. The summed E-state index contributed by atoms with van der Waals surface area (Å²) in [6, 6.07) is 5.84. The number of aromatic nitrogens is 1. The number of aromatic amines is 1. The van der Waals surface area contributed by atoms with Crippen LogP contribution in [-0.4, -0.2) is 23.2 Å². The van der Waals surface area contributed by atoms with Gasteiger partial charge in [-0.25, -0.2) is 0 Å². The molecule has 2 rings (SSSR count). The Balaban J connectivity index is 0.000000280. The van der Waals surface area contributed by atoms with Crippen molar-refractivity contribution in [3.63, 3.8) is 0 Å². The highest BCUT2D eigenvalue weighted by Gasteiger charge is 2.06. The Labute approximate surface area is 111 Å². The molecule has 0 aliphatic rings. The predicted molar refractivity (Wildman–Crippen MR) is 72.5 cm³/mol. The molecule has 0 atom stereocenters. The molecule has 0 saturated heterocycles. The summed E-state index contributed by atoms with van der Waals surface area (Å²) in [4.78, 5) is 12.6. The van der Waals surface area contributed by atoms with Crippen molar-refractivity contribution in [2.45, 2.75) is 20.3 Å². The quantitative estimate of drug-likeness (QED) is 0.875. The average Bonchev–Trinajstić information content (AvgIpc) is 2.72. The third-order valence-corrected chi connectivity index (χ3v) is 2.75. The normalized spacial score (nSPS) is 9.78. The molecule has 18 heavy (non-hydrogen) atoms. The van der Waals surface area contributed by atoms with Gasteiger partial charge in [0.25, 0.3) is 0 Å². The fourth-order valence-electron chi connectivity index (χ4n) is 1.45. The number of aryl methyl sites for hydroxylation is 1. The summed E-state index contributed by atoms with van der Waals surface area (Å²) in [6.07, 6.45) is 0.222. The zero-order valence-electron chi connectivity index (χ0n) is 10.6. The lowest BCUT2D eigenvalue weighted by Gasteiger charge is -2.02. The van der Waals surface area contributed by atoms with Gasteiger partial charge in [0, 0.05) is 23.0 Å². The van der Waals surface area contributed by atoms with E-state index < -0.39 is 5.97 Å². The number of hydrogen-bond donors (Lipinski definition) is 2. The number of carbonyl (C=O) groups is 1. The van der Waals surface area contributed by atoms with Gasteiger partial charge in [-0.2, -0.15) is 0 Å². The van der Waals surface area contributed by atoms with Gasteiger partial charge in [0.1, 0.15) is 5.75 Å². The Morgan fingerprint density at radius 1 is 1.50 bits per heavy atom. The second-order valence-corrected chi connectivity index (χ2v) is 4.12. The van der Waals surface area contributed by atoms with Crippen LogP contribution in [-0.2, 0) is 4.79 Å². The van der Waals surface area contributed by atoms with E-state index in [1.165, 1.54) is 0 Å². The van der Waals surface area contributed by atoms with Gasteiger partial charge in [-0.15, -0.1) is 0 Å². The van der Waals surface area contributed by atoms with E-state index in [4.69, 9.17) is 21.4 Å². The Hall–Kier alpha value is -1.68. The number of carboxylic acid groups (broad SMARTS) is 1. The van der Waals surface area contributed by atoms with Crippen LogP contribution >= 0.6 is 11.6 Å². The summed E-state index contributed by atoms with van der Waals surface area (Å²) in [5.41, 5.74) is 2.15. The molecule has 0 saturated carbocycles. The molecule has 0 bridgehead atoms. The molecule has 2 N–H and O–H groups in total. The highest BCUT2D eigenvalue weighted by atomic mass is 35.5. The van der Waals surface area contributed by atoms with Crippen LogP contribution in [0.4, 0.5) is 0 Å². The highest BCUT2D eigenvalue weighted by molar-refractivity contribution is 6.37. The topological polar surface area (TPSA) is 62.3 Å². The van der Waals surface area contributed by atoms with E-state index in [-0.39, 0.29) is 6.42 Å². The molecule has 1 aromatic heterocycles. The standard InChI is InChI=1S/C10H10ClNO.C3H6O2/c1-6-5-7-8(12-6)3-4-9(13-2)10(7)11;1-2-3(4)5/h3-5,12H,1-2H3;2H2,1H3,(H,4,5).